The number of rotatable bonds is 6. The number of nitrogens with two attached hydrogens (primary N) is 1. The van der Waals surface area contributed by atoms with Gasteiger partial charge >= 0.3 is 0 Å². The topological polar surface area (TPSA) is 32.5 Å². The molecule has 2 atom stereocenters. The van der Waals surface area contributed by atoms with Crippen molar-refractivity contribution >= 4 is 0 Å². The molecule has 1 aliphatic rings. The number of hydrogen-bond acceptors (Lipinski definition) is 3. The van der Waals surface area contributed by atoms with Crippen LogP contribution in [-0.2, 0) is 0 Å². The van der Waals surface area contributed by atoms with Crippen molar-refractivity contribution < 1.29 is 0 Å². The van der Waals surface area contributed by atoms with Crippen molar-refractivity contribution in [3.8, 4) is 0 Å². The third kappa shape index (κ3) is 4.06. The molecule has 0 radical (unpaired) electrons. The minimum Gasteiger partial charge on any atom is -0.323 e. The first-order chi connectivity index (χ1) is 10.2. The maximum atomic E-state index is 6.56. The first-order valence-electron chi connectivity index (χ1n) is 8.42. The summed E-state index contributed by atoms with van der Waals surface area (Å²) in [4.78, 5) is 5.09. The van der Waals surface area contributed by atoms with Gasteiger partial charge in [-0.25, -0.2) is 0 Å². The summed E-state index contributed by atoms with van der Waals surface area (Å²) in [6.45, 7) is 8.14. The normalized spacial score (nSPS) is 20.6. The largest absolute Gasteiger partial charge is 0.323 e. The molecule has 1 aromatic rings. The van der Waals surface area contributed by atoms with Crippen LogP contribution in [0.5, 0.6) is 0 Å². The molecule has 3 heteroatoms. The predicted octanol–water partition coefficient (Wildman–Crippen LogP) is 2.88. The average Bonchev–Trinajstić information content (AvgIpc) is 2.56. The van der Waals surface area contributed by atoms with E-state index < -0.39 is 0 Å². The van der Waals surface area contributed by atoms with Gasteiger partial charge in [0.25, 0.3) is 0 Å². The summed E-state index contributed by atoms with van der Waals surface area (Å²) in [5.41, 5.74) is 7.81. The molecule has 3 nitrogen and oxygen atoms in total. The fraction of sp³-hybridized carbons (Fsp3) is 0.667. The van der Waals surface area contributed by atoms with Crippen molar-refractivity contribution in [2.45, 2.75) is 51.2 Å². The molecule has 2 unspecified atom stereocenters. The Morgan fingerprint density at radius 2 is 1.81 bits per heavy atom. The van der Waals surface area contributed by atoms with E-state index in [0.717, 1.165) is 6.42 Å². The van der Waals surface area contributed by atoms with Gasteiger partial charge in [0.2, 0.25) is 0 Å². The molecule has 1 heterocycles. The molecule has 0 aromatic heterocycles. The van der Waals surface area contributed by atoms with Gasteiger partial charge < -0.3 is 10.6 Å². The zero-order valence-corrected chi connectivity index (χ0v) is 13.8. The summed E-state index contributed by atoms with van der Waals surface area (Å²) in [7, 11) is 2.27. The van der Waals surface area contributed by atoms with Crippen LogP contribution in [0.2, 0.25) is 0 Å². The Labute approximate surface area is 130 Å². The highest BCUT2D eigenvalue weighted by atomic mass is 15.2. The number of nitrogens with zero attached hydrogens (tertiary/aromatic N) is 2. The van der Waals surface area contributed by atoms with Gasteiger partial charge in [0.15, 0.2) is 0 Å². The number of likely N-dealkylation sites (N-methyl/N-ethyl adjacent to an activating group) is 1. The number of likely N-dealkylation sites (tertiary alicyclic amines) is 1. The van der Waals surface area contributed by atoms with E-state index in [1.165, 1.54) is 38.0 Å². The van der Waals surface area contributed by atoms with E-state index in [9.17, 15) is 0 Å². The van der Waals surface area contributed by atoms with Crippen LogP contribution in [0.25, 0.3) is 0 Å². The van der Waals surface area contributed by atoms with Crippen LogP contribution in [-0.4, -0.2) is 48.6 Å². The molecule has 21 heavy (non-hydrogen) atoms. The van der Waals surface area contributed by atoms with Gasteiger partial charge in [0.1, 0.15) is 0 Å². The number of piperidine rings is 1. The fourth-order valence-electron chi connectivity index (χ4n) is 3.61. The molecule has 2 N–H and O–H groups in total. The minimum atomic E-state index is 0.102. The Bertz CT molecular complexity index is 398. The van der Waals surface area contributed by atoms with E-state index in [0.29, 0.717) is 12.1 Å². The molecule has 0 saturated carbocycles. The third-order valence-corrected chi connectivity index (χ3v) is 5.12. The molecule has 0 amide bonds. The lowest BCUT2D eigenvalue weighted by Crippen LogP contribution is -2.50. The van der Waals surface area contributed by atoms with E-state index in [4.69, 9.17) is 5.73 Å². The van der Waals surface area contributed by atoms with E-state index in [1.54, 1.807) is 0 Å². The lowest BCUT2D eigenvalue weighted by atomic mass is 9.93. The molecule has 1 aromatic carbocycles. The Balaban J connectivity index is 2.00. The van der Waals surface area contributed by atoms with Crippen molar-refractivity contribution in [2.75, 3.05) is 26.7 Å². The molecule has 118 valence electrons. The zero-order chi connectivity index (χ0) is 15.2. The number of benzene rings is 1. The Morgan fingerprint density at radius 1 is 1.19 bits per heavy atom. The van der Waals surface area contributed by atoms with Crippen LogP contribution >= 0.6 is 0 Å². The first kappa shape index (κ1) is 16.5. The van der Waals surface area contributed by atoms with Gasteiger partial charge in [-0.1, -0.05) is 44.2 Å². The van der Waals surface area contributed by atoms with Crippen molar-refractivity contribution in [1.29, 1.82) is 0 Å². The van der Waals surface area contributed by atoms with Crippen LogP contribution in [0.3, 0.4) is 0 Å². The molecule has 1 saturated heterocycles. The van der Waals surface area contributed by atoms with Gasteiger partial charge in [-0.15, -0.1) is 0 Å². The molecular formula is C18H31N3. The van der Waals surface area contributed by atoms with Crippen molar-refractivity contribution in [1.82, 2.24) is 9.80 Å². The molecule has 1 aliphatic heterocycles. The molecule has 0 aliphatic carbocycles. The first-order valence-corrected chi connectivity index (χ1v) is 8.42. The number of hydrogen-bond donors (Lipinski definition) is 1. The van der Waals surface area contributed by atoms with Crippen LogP contribution in [0.15, 0.2) is 30.3 Å². The maximum Gasteiger partial charge on any atom is 0.0452 e. The summed E-state index contributed by atoms with van der Waals surface area (Å²) in [6, 6.07) is 11.7. The van der Waals surface area contributed by atoms with E-state index in [-0.39, 0.29) is 6.04 Å². The van der Waals surface area contributed by atoms with Crippen LogP contribution in [0.4, 0.5) is 0 Å². The highest BCUT2D eigenvalue weighted by Gasteiger charge is 2.29. The highest BCUT2D eigenvalue weighted by molar-refractivity contribution is 5.20. The second-order valence-electron chi connectivity index (χ2n) is 6.24. The third-order valence-electron chi connectivity index (χ3n) is 5.12. The van der Waals surface area contributed by atoms with Gasteiger partial charge in [0, 0.05) is 18.1 Å². The van der Waals surface area contributed by atoms with Crippen LogP contribution in [0, 0.1) is 0 Å². The van der Waals surface area contributed by atoms with Gasteiger partial charge in [-0.2, -0.15) is 0 Å². The van der Waals surface area contributed by atoms with E-state index in [2.05, 4.69) is 61.0 Å². The second-order valence-corrected chi connectivity index (χ2v) is 6.24. The molecule has 0 bridgehead atoms. The van der Waals surface area contributed by atoms with E-state index in [1.807, 2.05) is 0 Å². The fourth-order valence-corrected chi connectivity index (χ4v) is 3.61. The van der Waals surface area contributed by atoms with Crippen molar-refractivity contribution in [2.24, 2.45) is 5.73 Å². The molecule has 2 rings (SSSR count). The Kier molecular flexibility index (Phi) is 6.22. The summed E-state index contributed by atoms with van der Waals surface area (Å²) in [6.07, 6.45) is 3.63. The van der Waals surface area contributed by atoms with Crippen molar-refractivity contribution in [3.05, 3.63) is 35.9 Å². The minimum absolute atomic E-state index is 0.102. The van der Waals surface area contributed by atoms with Crippen LogP contribution < -0.4 is 5.73 Å². The molecular weight excluding hydrogens is 258 g/mol. The lowest BCUT2D eigenvalue weighted by molar-refractivity contribution is 0.0854. The van der Waals surface area contributed by atoms with Gasteiger partial charge in [0.05, 0.1) is 0 Å². The average molecular weight is 289 g/mol. The molecule has 1 fully saturated rings. The smallest absolute Gasteiger partial charge is 0.0452 e. The maximum absolute atomic E-state index is 6.56. The predicted molar refractivity (Wildman–Crippen MR) is 90.3 cm³/mol. The standard InChI is InChI=1S/C18H31N3/c1-4-17(18(19)15-9-7-6-8-10-15)20(3)16-11-13-21(5-2)14-12-16/h6-10,16-18H,4-5,11-14,19H2,1-3H3. The zero-order valence-electron chi connectivity index (χ0n) is 13.8. The lowest BCUT2D eigenvalue weighted by Gasteiger charge is -2.42. The summed E-state index contributed by atoms with van der Waals surface area (Å²) in [5.74, 6) is 0. The Hall–Kier alpha value is -0.900. The summed E-state index contributed by atoms with van der Waals surface area (Å²) >= 11 is 0. The van der Waals surface area contributed by atoms with Crippen LogP contribution in [0.1, 0.15) is 44.7 Å². The summed E-state index contributed by atoms with van der Waals surface area (Å²) in [5, 5.41) is 0. The Morgan fingerprint density at radius 3 is 2.33 bits per heavy atom. The SMILES string of the molecule is CCC(C(N)c1ccccc1)N(C)C1CCN(CC)CC1. The van der Waals surface area contributed by atoms with Gasteiger partial charge in [-0.05, 0) is 51.5 Å². The quantitative estimate of drug-likeness (QED) is 0.874. The van der Waals surface area contributed by atoms with Gasteiger partial charge in [-0.3, -0.25) is 4.90 Å². The highest BCUT2D eigenvalue weighted by Crippen LogP contribution is 2.25. The monoisotopic (exact) mass is 289 g/mol. The van der Waals surface area contributed by atoms with Crippen molar-refractivity contribution in [3.63, 3.8) is 0 Å². The van der Waals surface area contributed by atoms with E-state index >= 15 is 0 Å². The second kappa shape index (κ2) is 7.92. The summed E-state index contributed by atoms with van der Waals surface area (Å²) < 4.78 is 0. The molecule has 0 spiro atoms.